The summed E-state index contributed by atoms with van der Waals surface area (Å²) in [7, 11) is 1.57. The molecule has 0 unspecified atom stereocenters. The molecule has 0 bridgehead atoms. The minimum Gasteiger partial charge on any atom is -0.481 e. The summed E-state index contributed by atoms with van der Waals surface area (Å²) in [6.45, 7) is 0. The average Bonchev–Trinajstić information content (AvgIpc) is 2.35. The number of anilines is 1. The van der Waals surface area contributed by atoms with Crippen molar-refractivity contribution in [2.45, 2.75) is 10.9 Å². The van der Waals surface area contributed by atoms with Gasteiger partial charge >= 0.3 is 0 Å². The first-order chi connectivity index (χ1) is 8.69. The predicted octanol–water partition coefficient (Wildman–Crippen LogP) is 1.05. The molecule has 0 aliphatic heterocycles. The highest BCUT2D eigenvalue weighted by Gasteiger charge is 2.05. The third-order valence-corrected chi connectivity index (χ3v) is 3.07. The quantitative estimate of drug-likeness (QED) is 0.633. The highest BCUT2D eigenvalue weighted by Crippen LogP contribution is 2.23. The van der Waals surface area contributed by atoms with Gasteiger partial charge in [-0.1, -0.05) is 17.8 Å². The lowest BCUT2D eigenvalue weighted by molar-refractivity contribution is 0.394. The molecule has 0 fully saturated rings. The van der Waals surface area contributed by atoms with Crippen molar-refractivity contribution in [2.75, 3.05) is 12.8 Å². The molecule has 2 aromatic rings. The second-order valence-electron chi connectivity index (χ2n) is 3.44. The van der Waals surface area contributed by atoms with Gasteiger partial charge in [0.25, 0.3) is 5.56 Å². The van der Waals surface area contributed by atoms with Crippen molar-refractivity contribution in [3.63, 3.8) is 0 Å². The summed E-state index contributed by atoms with van der Waals surface area (Å²) in [5, 5.41) is 0.478. The number of methoxy groups -OCH3 is 1. The van der Waals surface area contributed by atoms with E-state index in [0.717, 1.165) is 5.56 Å². The molecule has 0 aliphatic carbocycles. The van der Waals surface area contributed by atoms with Gasteiger partial charge in [-0.25, -0.2) is 9.97 Å². The molecule has 7 heteroatoms. The maximum Gasteiger partial charge on any atom is 0.253 e. The average molecular weight is 264 g/mol. The summed E-state index contributed by atoms with van der Waals surface area (Å²) >= 11 is 1.36. The minimum atomic E-state index is -0.261. The Hall–Kier alpha value is -2.02. The molecule has 0 amide bonds. The first-order valence-corrected chi connectivity index (χ1v) is 6.15. The number of nitrogens with zero attached hydrogens (tertiary/aromatic N) is 2. The second kappa shape index (κ2) is 5.54. The highest BCUT2D eigenvalue weighted by molar-refractivity contribution is 7.98. The molecule has 0 saturated carbocycles. The van der Waals surface area contributed by atoms with Crippen molar-refractivity contribution in [1.82, 2.24) is 15.0 Å². The molecule has 0 spiro atoms. The monoisotopic (exact) mass is 264 g/mol. The Bertz CT molecular complexity index is 600. The molecule has 0 atom stereocenters. The molecule has 0 radical (unpaired) electrons. The first kappa shape index (κ1) is 12.4. The van der Waals surface area contributed by atoms with Crippen molar-refractivity contribution < 1.29 is 4.74 Å². The topological polar surface area (TPSA) is 93.9 Å². The van der Waals surface area contributed by atoms with Crippen LogP contribution in [0.2, 0.25) is 0 Å². The Morgan fingerprint density at radius 2 is 2.39 bits per heavy atom. The van der Waals surface area contributed by atoms with Crippen LogP contribution in [-0.2, 0) is 5.75 Å². The van der Waals surface area contributed by atoms with Crippen molar-refractivity contribution >= 4 is 17.6 Å². The molecule has 0 saturated heterocycles. The number of ether oxygens (including phenoxy) is 1. The van der Waals surface area contributed by atoms with E-state index in [1.807, 2.05) is 12.1 Å². The summed E-state index contributed by atoms with van der Waals surface area (Å²) in [4.78, 5) is 22.0. The van der Waals surface area contributed by atoms with E-state index >= 15 is 0 Å². The lowest BCUT2D eigenvalue weighted by Crippen LogP contribution is -2.09. The molecule has 2 heterocycles. The number of hydrogen-bond acceptors (Lipinski definition) is 6. The number of pyridine rings is 1. The number of nitrogen functional groups attached to an aromatic ring is 1. The zero-order valence-corrected chi connectivity index (χ0v) is 10.5. The first-order valence-electron chi connectivity index (χ1n) is 5.16. The summed E-state index contributed by atoms with van der Waals surface area (Å²) in [6.07, 6.45) is 1.66. The molecular formula is C11H12N4O2S. The number of nitrogens with one attached hydrogen (secondary N) is 1. The van der Waals surface area contributed by atoms with Gasteiger partial charge in [0, 0.05) is 23.6 Å². The number of aromatic amines is 1. The van der Waals surface area contributed by atoms with Crippen LogP contribution in [0.25, 0.3) is 0 Å². The van der Waals surface area contributed by atoms with Crippen molar-refractivity contribution in [3.05, 3.63) is 40.3 Å². The SMILES string of the molecule is COc1ncccc1CSc1nc(N)cc(=O)[nH]1. The summed E-state index contributed by atoms with van der Waals surface area (Å²) in [5.41, 5.74) is 6.17. The van der Waals surface area contributed by atoms with Gasteiger partial charge in [0.05, 0.1) is 7.11 Å². The van der Waals surface area contributed by atoms with E-state index < -0.39 is 0 Å². The zero-order chi connectivity index (χ0) is 13.0. The fraction of sp³-hybridized carbons (Fsp3) is 0.182. The predicted molar refractivity (Wildman–Crippen MR) is 69.6 cm³/mol. The summed E-state index contributed by atoms with van der Waals surface area (Å²) in [6, 6.07) is 4.98. The van der Waals surface area contributed by atoms with Gasteiger partial charge in [-0.3, -0.25) is 4.79 Å². The van der Waals surface area contributed by atoms with E-state index in [-0.39, 0.29) is 11.4 Å². The number of rotatable bonds is 4. The number of aromatic nitrogens is 3. The van der Waals surface area contributed by atoms with Crippen LogP contribution in [0.15, 0.2) is 34.3 Å². The van der Waals surface area contributed by atoms with Crippen LogP contribution in [-0.4, -0.2) is 22.1 Å². The number of nitrogens with two attached hydrogens (primary N) is 1. The molecule has 6 nitrogen and oxygen atoms in total. The Morgan fingerprint density at radius 1 is 1.56 bits per heavy atom. The third-order valence-electron chi connectivity index (χ3n) is 2.15. The molecule has 2 aromatic heterocycles. The van der Waals surface area contributed by atoms with Crippen molar-refractivity contribution in [3.8, 4) is 5.88 Å². The molecule has 0 aliphatic rings. The summed E-state index contributed by atoms with van der Waals surface area (Å²) in [5.74, 6) is 1.36. The van der Waals surface area contributed by atoms with E-state index in [1.54, 1.807) is 13.3 Å². The number of thioether (sulfide) groups is 1. The third kappa shape index (κ3) is 3.01. The van der Waals surface area contributed by atoms with Crippen molar-refractivity contribution in [1.29, 1.82) is 0 Å². The molecular weight excluding hydrogens is 252 g/mol. The van der Waals surface area contributed by atoms with Crippen LogP contribution in [0, 0.1) is 0 Å². The van der Waals surface area contributed by atoms with Gasteiger partial charge in [-0.05, 0) is 6.07 Å². The smallest absolute Gasteiger partial charge is 0.253 e. The van der Waals surface area contributed by atoms with Gasteiger partial charge in [0.15, 0.2) is 5.16 Å². The molecule has 2 rings (SSSR count). The van der Waals surface area contributed by atoms with Crippen LogP contribution in [0.4, 0.5) is 5.82 Å². The molecule has 0 aromatic carbocycles. The maximum absolute atomic E-state index is 11.2. The minimum absolute atomic E-state index is 0.208. The van der Waals surface area contributed by atoms with Gasteiger partial charge < -0.3 is 15.5 Å². The van der Waals surface area contributed by atoms with Crippen LogP contribution < -0.4 is 16.0 Å². The lowest BCUT2D eigenvalue weighted by Gasteiger charge is -2.06. The Balaban J connectivity index is 2.13. The number of H-pyrrole nitrogens is 1. The zero-order valence-electron chi connectivity index (χ0n) is 9.71. The summed E-state index contributed by atoms with van der Waals surface area (Å²) < 4.78 is 5.14. The van der Waals surface area contributed by atoms with Crippen LogP contribution >= 0.6 is 11.8 Å². The van der Waals surface area contributed by atoms with E-state index in [0.29, 0.717) is 16.8 Å². The van der Waals surface area contributed by atoms with Crippen LogP contribution in [0.5, 0.6) is 5.88 Å². The van der Waals surface area contributed by atoms with Gasteiger partial charge in [0.1, 0.15) is 5.82 Å². The standard InChI is InChI=1S/C11H12N4O2S/c1-17-10-7(3-2-4-13-10)6-18-11-14-8(12)5-9(16)15-11/h2-5H,6H2,1H3,(H3,12,14,15,16). The van der Waals surface area contributed by atoms with Crippen LogP contribution in [0.3, 0.4) is 0 Å². The maximum atomic E-state index is 11.2. The van der Waals surface area contributed by atoms with Crippen LogP contribution in [0.1, 0.15) is 5.56 Å². The van der Waals surface area contributed by atoms with E-state index in [2.05, 4.69) is 15.0 Å². The Labute approximate surface area is 108 Å². The van der Waals surface area contributed by atoms with E-state index in [1.165, 1.54) is 17.8 Å². The Morgan fingerprint density at radius 3 is 3.11 bits per heavy atom. The van der Waals surface area contributed by atoms with Gasteiger partial charge in [-0.2, -0.15) is 0 Å². The highest BCUT2D eigenvalue weighted by atomic mass is 32.2. The van der Waals surface area contributed by atoms with Gasteiger partial charge in [0.2, 0.25) is 5.88 Å². The fourth-order valence-electron chi connectivity index (χ4n) is 1.39. The lowest BCUT2D eigenvalue weighted by atomic mass is 10.3. The molecule has 3 N–H and O–H groups in total. The molecule has 18 heavy (non-hydrogen) atoms. The van der Waals surface area contributed by atoms with E-state index in [9.17, 15) is 4.79 Å². The van der Waals surface area contributed by atoms with Crippen molar-refractivity contribution in [2.24, 2.45) is 0 Å². The largest absolute Gasteiger partial charge is 0.481 e. The normalized spacial score (nSPS) is 10.3. The number of hydrogen-bond donors (Lipinski definition) is 2. The van der Waals surface area contributed by atoms with Gasteiger partial charge in [-0.15, -0.1) is 0 Å². The fourth-order valence-corrected chi connectivity index (χ4v) is 2.24. The Kier molecular flexibility index (Phi) is 3.83. The van der Waals surface area contributed by atoms with E-state index in [4.69, 9.17) is 10.5 Å². The molecule has 94 valence electrons. The second-order valence-corrected chi connectivity index (χ2v) is 4.40.